The van der Waals surface area contributed by atoms with Crippen molar-refractivity contribution in [1.82, 2.24) is 0 Å². The molecule has 0 fully saturated rings. The molecule has 0 spiro atoms. The molecule has 268 valence electrons. The molecule has 0 aromatic heterocycles. The van der Waals surface area contributed by atoms with Gasteiger partial charge in [-0.25, -0.2) is 0 Å². The van der Waals surface area contributed by atoms with E-state index >= 15 is 0 Å². The third-order valence-electron chi connectivity index (χ3n) is 8.11. The standard InChI is InChI=1S/C38H50O8S3/c1-5-7-23-43-31-17-19-33-29(27-31)15-21-37(35(33)13-9-11-25-45-48(3,39)40)47-38-22-16-30-28-32(44-24-8-6-2)18-20-34(30)36(38)14-10-12-26-46-49(4,41)42/h15-22,27-28H,5-14,23-26H2,1-4H3. The lowest BCUT2D eigenvalue weighted by Crippen LogP contribution is -2.04. The molecular formula is C38H50O8S3. The first-order valence-corrected chi connectivity index (χ1v) is 21.7. The average molecular weight is 731 g/mol. The first-order chi connectivity index (χ1) is 23.5. The van der Waals surface area contributed by atoms with E-state index in [0.29, 0.717) is 26.1 Å². The fraction of sp³-hybridized carbons (Fsp3) is 0.474. The van der Waals surface area contributed by atoms with Crippen LogP contribution >= 0.6 is 11.8 Å². The van der Waals surface area contributed by atoms with Crippen LogP contribution in [0.5, 0.6) is 11.5 Å². The summed E-state index contributed by atoms with van der Waals surface area (Å²) in [5, 5.41) is 4.49. The smallest absolute Gasteiger partial charge is 0.264 e. The number of unbranched alkanes of at least 4 members (excludes halogenated alkanes) is 4. The first kappa shape index (κ1) is 39.0. The van der Waals surface area contributed by atoms with Crippen molar-refractivity contribution in [1.29, 1.82) is 0 Å². The number of fused-ring (bicyclic) bond motifs is 2. The second-order valence-electron chi connectivity index (χ2n) is 12.3. The van der Waals surface area contributed by atoms with Gasteiger partial charge in [-0.15, -0.1) is 0 Å². The fourth-order valence-corrected chi connectivity index (χ4v) is 7.63. The molecule has 4 aromatic rings. The summed E-state index contributed by atoms with van der Waals surface area (Å²) in [6, 6.07) is 21.1. The zero-order valence-corrected chi connectivity index (χ0v) is 31.6. The predicted molar refractivity (Wildman–Crippen MR) is 200 cm³/mol. The molecule has 0 unspecified atom stereocenters. The van der Waals surface area contributed by atoms with E-state index < -0.39 is 20.2 Å². The van der Waals surface area contributed by atoms with Crippen LogP contribution in [0.4, 0.5) is 0 Å². The molecule has 0 heterocycles. The molecule has 0 amide bonds. The van der Waals surface area contributed by atoms with Crippen LogP contribution in [0.1, 0.15) is 76.3 Å². The molecule has 49 heavy (non-hydrogen) atoms. The molecule has 4 aromatic carbocycles. The van der Waals surface area contributed by atoms with Crippen molar-refractivity contribution in [3.05, 3.63) is 71.8 Å². The molecule has 0 aliphatic heterocycles. The van der Waals surface area contributed by atoms with Crippen molar-refractivity contribution in [3.63, 3.8) is 0 Å². The van der Waals surface area contributed by atoms with Crippen LogP contribution in [0.2, 0.25) is 0 Å². The van der Waals surface area contributed by atoms with E-state index in [0.717, 1.165) is 107 Å². The lowest BCUT2D eigenvalue weighted by Gasteiger charge is -2.18. The Morgan fingerprint density at radius 3 is 1.35 bits per heavy atom. The third kappa shape index (κ3) is 12.8. The quantitative estimate of drug-likeness (QED) is 0.0578. The molecule has 0 aliphatic carbocycles. The molecule has 4 rings (SSSR count). The maximum atomic E-state index is 11.5. The number of rotatable bonds is 22. The predicted octanol–water partition coefficient (Wildman–Crippen LogP) is 9.10. The van der Waals surface area contributed by atoms with E-state index in [9.17, 15) is 16.8 Å². The monoisotopic (exact) mass is 730 g/mol. The van der Waals surface area contributed by atoms with Crippen molar-refractivity contribution < 1.29 is 34.7 Å². The Labute approximate surface area is 297 Å². The van der Waals surface area contributed by atoms with Crippen LogP contribution in [0.25, 0.3) is 21.5 Å². The van der Waals surface area contributed by atoms with Crippen LogP contribution in [-0.2, 0) is 41.4 Å². The van der Waals surface area contributed by atoms with Crippen molar-refractivity contribution >= 4 is 53.5 Å². The molecule has 0 radical (unpaired) electrons. The molecular weight excluding hydrogens is 681 g/mol. The Bertz CT molecular complexity index is 1750. The van der Waals surface area contributed by atoms with Crippen LogP contribution in [0, 0.1) is 0 Å². The van der Waals surface area contributed by atoms with E-state index in [4.69, 9.17) is 17.8 Å². The number of hydrogen-bond donors (Lipinski definition) is 0. The molecule has 0 atom stereocenters. The van der Waals surface area contributed by atoms with Crippen LogP contribution in [-0.4, -0.2) is 55.8 Å². The van der Waals surface area contributed by atoms with Crippen molar-refractivity contribution in [2.45, 2.75) is 87.8 Å². The fourth-order valence-electron chi connectivity index (χ4n) is 5.61. The van der Waals surface area contributed by atoms with Gasteiger partial charge >= 0.3 is 0 Å². The van der Waals surface area contributed by atoms with E-state index in [-0.39, 0.29) is 13.2 Å². The van der Waals surface area contributed by atoms with Gasteiger partial charge in [0.1, 0.15) is 11.5 Å². The second-order valence-corrected chi connectivity index (χ2v) is 16.7. The average Bonchev–Trinajstić information content (AvgIpc) is 3.05. The zero-order valence-electron chi connectivity index (χ0n) is 29.2. The highest BCUT2D eigenvalue weighted by Gasteiger charge is 2.16. The lowest BCUT2D eigenvalue weighted by atomic mass is 9.99. The normalized spacial score (nSPS) is 12.2. The summed E-state index contributed by atoms with van der Waals surface area (Å²) in [6.07, 6.45) is 10.6. The van der Waals surface area contributed by atoms with Crippen LogP contribution in [0.15, 0.2) is 70.5 Å². The summed E-state index contributed by atoms with van der Waals surface area (Å²) in [7, 11) is -6.96. The minimum Gasteiger partial charge on any atom is -0.494 e. The summed E-state index contributed by atoms with van der Waals surface area (Å²) < 4.78 is 68.0. The maximum Gasteiger partial charge on any atom is 0.264 e. The van der Waals surface area contributed by atoms with Crippen LogP contribution < -0.4 is 9.47 Å². The first-order valence-electron chi connectivity index (χ1n) is 17.2. The molecule has 8 nitrogen and oxygen atoms in total. The molecule has 0 saturated carbocycles. The van der Waals surface area contributed by atoms with Crippen LogP contribution in [0.3, 0.4) is 0 Å². The highest BCUT2D eigenvalue weighted by Crippen LogP contribution is 2.41. The summed E-state index contributed by atoms with van der Waals surface area (Å²) in [5.74, 6) is 1.70. The van der Waals surface area contributed by atoms with Gasteiger partial charge in [0.25, 0.3) is 20.2 Å². The van der Waals surface area contributed by atoms with Gasteiger partial charge in [0.2, 0.25) is 0 Å². The Morgan fingerprint density at radius 1 is 0.531 bits per heavy atom. The highest BCUT2D eigenvalue weighted by molar-refractivity contribution is 7.99. The second kappa shape index (κ2) is 19.0. The summed E-state index contributed by atoms with van der Waals surface area (Å²) in [6.45, 7) is 5.96. The minimum atomic E-state index is -3.48. The molecule has 0 bridgehead atoms. The molecule has 0 N–H and O–H groups in total. The van der Waals surface area contributed by atoms with E-state index in [1.54, 1.807) is 11.8 Å². The van der Waals surface area contributed by atoms with Gasteiger partial charge in [-0.05, 0) is 120 Å². The number of aryl methyl sites for hydroxylation is 2. The van der Waals surface area contributed by atoms with Crippen molar-refractivity contribution in [2.24, 2.45) is 0 Å². The van der Waals surface area contributed by atoms with Gasteiger partial charge in [-0.1, -0.05) is 62.7 Å². The van der Waals surface area contributed by atoms with Gasteiger partial charge in [0.15, 0.2) is 0 Å². The van der Waals surface area contributed by atoms with Gasteiger partial charge in [0.05, 0.1) is 38.9 Å². The summed E-state index contributed by atoms with van der Waals surface area (Å²) in [5.41, 5.74) is 2.41. The van der Waals surface area contributed by atoms with Gasteiger partial charge < -0.3 is 9.47 Å². The van der Waals surface area contributed by atoms with E-state index in [2.05, 4.69) is 62.4 Å². The zero-order chi connectivity index (χ0) is 35.3. The summed E-state index contributed by atoms with van der Waals surface area (Å²) in [4.78, 5) is 2.27. The van der Waals surface area contributed by atoms with Crippen molar-refractivity contribution in [3.8, 4) is 11.5 Å². The number of ether oxygens (including phenoxy) is 2. The Balaban J connectivity index is 1.67. The van der Waals surface area contributed by atoms with E-state index in [1.165, 1.54) is 11.1 Å². The SMILES string of the molecule is CCCCOc1ccc2c(CCCCOS(C)(=O)=O)c(Sc3ccc4cc(OCCCC)ccc4c3CCCCOS(C)(=O)=O)ccc2c1. The van der Waals surface area contributed by atoms with Gasteiger partial charge in [0, 0.05) is 9.79 Å². The molecule has 11 heteroatoms. The minimum absolute atomic E-state index is 0.156. The third-order valence-corrected chi connectivity index (χ3v) is 10.5. The van der Waals surface area contributed by atoms with Gasteiger partial charge in [-0.2, -0.15) is 16.8 Å². The van der Waals surface area contributed by atoms with Crippen molar-refractivity contribution in [2.75, 3.05) is 38.9 Å². The summed E-state index contributed by atoms with van der Waals surface area (Å²) >= 11 is 1.73. The Kier molecular flexibility index (Phi) is 15.1. The highest BCUT2D eigenvalue weighted by atomic mass is 32.2. The topological polar surface area (TPSA) is 105 Å². The van der Waals surface area contributed by atoms with Gasteiger partial charge in [-0.3, -0.25) is 8.37 Å². The maximum absolute atomic E-state index is 11.5. The Morgan fingerprint density at radius 2 is 0.959 bits per heavy atom. The molecule has 0 saturated heterocycles. The molecule has 0 aliphatic rings. The Hall–Kier alpha value is -2.83. The lowest BCUT2D eigenvalue weighted by molar-refractivity contribution is 0.309. The number of hydrogen-bond acceptors (Lipinski definition) is 9. The largest absolute Gasteiger partial charge is 0.494 e. The number of benzene rings is 4. The van der Waals surface area contributed by atoms with E-state index in [1.807, 2.05) is 12.1 Å².